The van der Waals surface area contributed by atoms with Crippen LogP contribution in [0.25, 0.3) is 22.2 Å². The second-order valence-corrected chi connectivity index (χ2v) is 9.96. The molecule has 0 bridgehead atoms. The molecule has 0 radical (unpaired) electrons. The van der Waals surface area contributed by atoms with Crippen molar-refractivity contribution in [1.82, 2.24) is 19.4 Å². The Morgan fingerprint density at radius 2 is 1.94 bits per heavy atom. The van der Waals surface area contributed by atoms with E-state index in [9.17, 15) is 36.0 Å². The minimum atomic E-state index is -4.84. The number of halogens is 3. The molecule has 0 aliphatic carbocycles. The number of sulfonamides is 1. The Morgan fingerprint density at radius 1 is 1.26 bits per heavy atom. The first-order chi connectivity index (χ1) is 15.8. The number of benzene rings is 1. The minimum Gasteiger partial charge on any atom is -0.305 e. The van der Waals surface area contributed by atoms with Crippen LogP contribution < -0.4 is 15.7 Å². The van der Waals surface area contributed by atoms with Gasteiger partial charge in [0.25, 0.3) is 21.5 Å². The summed E-state index contributed by atoms with van der Waals surface area (Å²) in [5.41, 5.74) is -4.56. The zero-order valence-corrected chi connectivity index (χ0v) is 19.8. The molecule has 0 saturated carbocycles. The van der Waals surface area contributed by atoms with Crippen molar-refractivity contribution in [2.45, 2.75) is 26.1 Å². The van der Waals surface area contributed by atoms with E-state index in [1.165, 1.54) is 28.7 Å². The lowest BCUT2D eigenvalue weighted by Gasteiger charge is -2.21. The van der Waals surface area contributed by atoms with E-state index in [2.05, 4.69) is 10.1 Å². The highest BCUT2D eigenvalue weighted by Gasteiger charge is 2.36. The maximum Gasteiger partial charge on any atom is 0.417 e. The van der Waals surface area contributed by atoms with Crippen LogP contribution in [0.3, 0.4) is 0 Å². The summed E-state index contributed by atoms with van der Waals surface area (Å²) >= 11 is 1.24. The SMILES string of the molecule is CCn1nccc1-c1cc2c(=O)n(N(C(=O)CCSC)S(C)(=O)=O)c(=O)[nH]c2cc1C(F)(F)F. The number of alkyl halides is 3. The van der Waals surface area contributed by atoms with E-state index in [1.807, 2.05) is 0 Å². The Morgan fingerprint density at radius 3 is 2.50 bits per heavy atom. The first-order valence-electron chi connectivity index (χ1n) is 9.76. The van der Waals surface area contributed by atoms with Crippen LogP contribution in [0.5, 0.6) is 0 Å². The van der Waals surface area contributed by atoms with Gasteiger partial charge in [-0.2, -0.15) is 30.0 Å². The van der Waals surface area contributed by atoms with Gasteiger partial charge >= 0.3 is 11.9 Å². The molecule has 0 aliphatic rings. The summed E-state index contributed by atoms with van der Waals surface area (Å²) in [6.07, 6.45) is -1.53. The van der Waals surface area contributed by atoms with E-state index in [1.54, 1.807) is 13.2 Å². The predicted molar refractivity (Wildman–Crippen MR) is 122 cm³/mol. The molecule has 2 aromatic heterocycles. The molecule has 0 spiro atoms. The highest BCUT2D eigenvalue weighted by molar-refractivity contribution is 7.98. The number of fused-ring (bicyclic) bond motifs is 1. The van der Waals surface area contributed by atoms with Gasteiger partial charge < -0.3 is 4.98 Å². The number of nitrogens with one attached hydrogen (secondary N) is 1. The highest BCUT2D eigenvalue weighted by atomic mass is 32.2. The summed E-state index contributed by atoms with van der Waals surface area (Å²) in [4.78, 5) is 40.5. The Labute approximate surface area is 195 Å². The van der Waals surface area contributed by atoms with Gasteiger partial charge in [0.2, 0.25) is 0 Å². The van der Waals surface area contributed by atoms with Gasteiger partial charge in [0.15, 0.2) is 0 Å². The summed E-state index contributed by atoms with van der Waals surface area (Å²) in [7, 11) is -4.43. The number of carbonyl (C=O) groups is 1. The lowest BCUT2D eigenvalue weighted by atomic mass is 10.0. The van der Waals surface area contributed by atoms with E-state index in [0.717, 1.165) is 6.07 Å². The molecule has 184 valence electrons. The number of nitrogens with zero attached hydrogens (tertiary/aromatic N) is 4. The monoisotopic (exact) mass is 519 g/mol. The molecule has 0 atom stereocenters. The number of aryl methyl sites for hydroxylation is 1. The van der Waals surface area contributed by atoms with Gasteiger partial charge in [-0.15, -0.1) is 9.09 Å². The Kier molecular flexibility index (Phi) is 6.98. The van der Waals surface area contributed by atoms with Crippen LogP contribution in [0.1, 0.15) is 18.9 Å². The molecule has 2 heterocycles. The van der Waals surface area contributed by atoms with Crippen molar-refractivity contribution in [3.63, 3.8) is 0 Å². The zero-order chi connectivity index (χ0) is 25.4. The third-order valence-electron chi connectivity index (χ3n) is 4.84. The van der Waals surface area contributed by atoms with Gasteiger partial charge in [0.1, 0.15) is 0 Å². The summed E-state index contributed by atoms with van der Waals surface area (Å²) in [6.45, 7) is 1.90. The van der Waals surface area contributed by atoms with Crippen molar-refractivity contribution >= 4 is 38.6 Å². The summed E-state index contributed by atoms with van der Waals surface area (Å²) < 4.78 is 67.6. The lowest BCUT2D eigenvalue weighted by Crippen LogP contribution is -2.55. The smallest absolute Gasteiger partial charge is 0.305 e. The van der Waals surface area contributed by atoms with E-state index >= 15 is 0 Å². The van der Waals surface area contributed by atoms with Crippen molar-refractivity contribution in [3.05, 3.63) is 50.8 Å². The maximum absolute atomic E-state index is 13.9. The third kappa shape index (κ3) is 4.75. The van der Waals surface area contributed by atoms with Crippen molar-refractivity contribution in [2.75, 3.05) is 22.7 Å². The Balaban J connectivity index is 2.40. The fourth-order valence-electron chi connectivity index (χ4n) is 3.41. The van der Waals surface area contributed by atoms with Crippen LogP contribution in [0.2, 0.25) is 0 Å². The average molecular weight is 520 g/mol. The molecule has 0 saturated heterocycles. The first-order valence-corrected chi connectivity index (χ1v) is 13.0. The number of amides is 1. The van der Waals surface area contributed by atoms with Crippen LogP contribution in [-0.4, -0.2) is 52.0 Å². The number of hydrogen-bond acceptors (Lipinski definition) is 7. The van der Waals surface area contributed by atoms with E-state index in [0.29, 0.717) is 12.3 Å². The van der Waals surface area contributed by atoms with Crippen LogP contribution in [0.4, 0.5) is 13.2 Å². The van der Waals surface area contributed by atoms with Crippen LogP contribution >= 0.6 is 11.8 Å². The van der Waals surface area contributed by atoms with E-state index < -0.39 is 55.4 Å². The normalized spacial score (nSPS) is 12.3. The number of H-pyrrole nitrogens is 1. The van der Waals surface area contributed by atoms with Gasteiger partial charge in [0.05, 0.1) is 28.4 Å². The summed E-state index contributed by atoms with van der Waals surface area (Å²) in [6, 6.07) is 2.84. The van der Waals surface area contributed by atoms with E-state index in [4.69, 9.17) is 0 Å². The van der Waals surface area contributed by atoms with Gasteiger partial charge in [-0.1, -0.05) is 0 Å². The number of aromatic amines is 1. The lowest BCUT2D eigenvalue weighted by molar-refractivity contribution is -0.137. The number of thioether (sulfide) groups is 1. The number of hydrogen-bond donors (Lipinski definition) is 1. The minimum absolute atomic E-state index is 0.0392. The van der Waals surface area contributed by atoms with Gasteiger partial charge in [-0.05, 0) is 31.4 Å². The summed E-state index contributed by atoms with van der Waals surface area (Å²) in [5.74, 6) is -0.828. The molecular formula is C19H20F3N5O5S2. The Bertz CT molecular complexity index is 1470. The molecule has 0 unspecified atom stereocenters. The highest BCUT2D eigenvalue weighted by Crippen LogP contribution is 2.38. The third-order valence-corrected chi connectivity index (χ3v) is 6.45. The van der Waals surface area contributed by atoms with Crippen LogP contribution in [0, 0.1) is 0 Å². The van der Waals surface area contributed by atoms with E-state index in [-0.39, 0.29) is 33.5 Å². The second kappa shape index (κ2) is 9.29. The topological polar surface area (TPSA) is 127 Å². The number of aromatic nitrogens is 4. The number of carbonyl (C=O) groups excluding carboxylic acids is 1. The second-order valence-electron chi connectivity index (χ2n) is 7.16. The van der Waals surface area contributed by atoms with Gasteiger partial charge in [0, 0.05) is 30.5 Å². The van der Waals surface area contributed by atoms with Crippen molar-refractivity contribution < 1.29 is 26.4 Å². The largest absolute Gasteiger partial charge is 0.417 e. The fourth-order valence-corrected chi connectivity index (χ4v) is 4.69. The van der Waals surface area contributed by atoms with Crippen molar-refractivity contribution in [3.8, 4) is 11.3 Å². The molecule has 10 nitrogen and oxygen atoms in total. The molecule has 1 N–H and O–H groups in total. The van der Waals surface area contributed by atoms with Crippen LogP contribution in [0.15, 0.2) is 34.0 Å². The Hall–Kier alpha value is -3.07. The molecule has 0 fully saturated rings. The quantitative estimate of drug-likeness (QED) is 0.504. The number of rotatable bonds is 7. The van der Waals surface area contributed by atoms with Gasteiger partial charge in [-0.25, -0.2) is 13.2 Å². The standard InChI is InChI=1S/C19H20F3N5O5S2/c1-4-25-15(5-7-23-25)11-9-12-14(10-13(11)19(20,21)22)24-18(30)26(17(12)29)27(34(3,31)32)16(28)6-8-33-2/h5,7,9-10H,4,6,8H2,1-3H3,(H,24,30). The van der Waals surface area contributed by atoms with Crippen molar-refractivity contribution in [1.29, 1.82) is 0 Å². The molecule has 15 heteroatoms. The van der Waals surface area contributed by atoms with Crippen LogP contribution in [-0.2, 0) is 27.5 Å². The predicted octanol–water partition coefficient (Wildman–Crippen LogP) is 1.77. The molecule has 1 amide bonds. The summed E-state index contributed by atoms with van der Waals surface area (Å²) in [5, 5.41) is 3.54. The molecule has 3 rings (SSSR count). The fraction of sp³-hybridized carbons (Fsp3) is 0.368. The maximum atomic E-state index is 13.9. The van der Waals surface area contributed by atoms with Crippen molar-refractivity contribution in [2.24, 2.45) is 0 Å². The molecule has 1 aromatic carbocycles. The molecule has 3 aromatic rings. The first kappa shape index (κ1) is 25.6. The molecule has 34 heavy (non-hydrogen) atoms. The zero-order valence-electron chi connectivity index (χ0n) is 18.2. The molecule has 0 aliphatic heterocycles. The van der Waals surface area contributed by atoms with Gasteiger partial charge in [-0.3, -0.25) is 14.3 Å². The molecular weight excluding hydrogens is 499 g/mol. The average Bonchev–Trinajstić information content (AvgIpc) is 3.21.